The van der Waals surface area contributed by atoms with Gasteiger partial charge in [0.05, 0.1) is 17.1 Å². The molecule has 14 rings (SSSR count). The summed E-state index contributed by atoms with van der Waals surface area (Å²) in [4.78, 5) is 9.04. The van der Waals surface area contributed by atoms with Crippen LogP contribution in [0.3, 0.4) is 0 Å². The van der Waals surface area contributed by atoms with Crippen LogP contribution < -0.4 is 30.4 Å². The smallest absolute Gasteiger partial charge is 0.264 e. The van der Waals surface area contributed by atoms with Gasteiger partial charge in [-0.25, -0.2) is 0 Å². The molecule has 0 bridgehead atoms. The van der Waals surface area contributed by atoms with Crippen LogP contribution >= 0.6 is 22.7 Å². The van der Waals surface area contributed by atoms with Crippen LogP contribution in [0.25, 0.3) is 52.5 Å². The van der Waals surface area contributed by atoms with E-state index in [2.05, 4.69) is 289 Å². The van der Waals surface area contributed by atoms with Gasteiger partial charge in [-0.3, -0.25) is 0 Å². The van der Waals surface area contributed by atoms with Crippen molar-refractivity contribution >= 4 is 127 Å². The lowest BCUT2D eigenvalue weighted by atomic mass is 9.36. The van der Waals surface area contributed by atoms with Crippen molar-refractivity contribution in [2.75, 3.05) is 14.7 Å². The summed E-state index contributed by atoms with van der Waals surface area (Å²) in [5.74, 6) is 0. The lowest BCUT2D eigenvalue weighted by molar-refractivity contribution is 0.590. The van der Waals surface area contributed by atoms with Gasteiger partial charge in [0.25, 0.3) is 6.71 Å². The average Bonchev–Trinajstić information content (AvgIpc) is 3.70. The fourth-order valence-corrected chi connectivity index (χ4v) is 14.9. The number of aryl methyl sites for hydroxylation is 3. The fourth-order valence-electron chi connectivity index (χ4n) is 12.6. The summed E-state index contributed by atoms with van der Waals surface area (Å²) in [5.41, 5.74) is 23.3. The van der Waals surface area contributed by atoms with Crippen LogP contribution in [0.1, 0.15) is 69.4 Å². The van der Waals surface area contributed by atoms with Crippen LogP contribution in [0.5, 0.6) is 0 Å². The Morgan fingerprint density at radius 1 is 0.418 bits per heavy atom. The van der Waals surface area contributed by atoms with Gasteiger partial charge in [-0.2, -0.15) is 0 Å². The van der Waals surface area contributed by atoms with Crippen molar-refractivity contribution < 1.29 is 0 Å². The molecule has 4 heterocycles. The zero-order valence-corrected chi connectivity index (χ0v) is 48.1. The fraction of sp³-hybridized carbons (Fsp3) is 0.151. The van der Waals surface area contributed by atoms with Gasteiger partial charge < -0.3 is 14.7 Å². The van der Waals surface area contributed by atoms with Crippen LogP contribution in [-0.2, 0) is 10.8 Å². The van der Waals surface area contributed by atoms with Gasteiger partial charge in [-0.1, -0.05) is 163 Å². The standard InChI is InChI=1S/C73H62BN3S2/c1-45-37-63-68-64(38-45)77(69-46(2)19-18-20-47(69)3)62-44-57(75(55-24-14-11-15-25-55)56-32-29-49-39-52(28-27-50(49)40-56)67-41-51-23-16-17-26-65(51)78-67)33-34-60(62)74(68)71-70(59-43-54(73(7,8)9)31-36-66(59)79-71)76(63)61-35-30-53(72(4,5)6)42-58(61)48-21-12-10-13-22-48/h10-44H,1-9H3. The first-order chi connectivity index (χ1) is 38.2. The molecule has 384 valence electrons. The van der Waals surface area contributed by atoms with Crippen molar-refractivity contribution in [3.63, 3.8) is 0 Å². The summed E-state index contributed by atoms with van der Waals surface area (Å²) >= 11 is 3.83. The molecule has 0 spiro atoms. The molecule has 0 unspecified atom stereocenters. The molecule has 0 fully saturated rings. The Hall–Kier alpha value is -8.16. The first-order valence-corrected chi connectivity index (χ1v) is 29.4. The molecule has 0 radical (unpaired) electrons. The Kier molecular flexibility index (Phi) is 11.5. The lowest BCUT2D eigenvalue weighted by Crippen LogP contribution is -2.60. The molecule has 0 atom stereocenters. The van der Waals surface area contributed by atoms with E-state index in [4.69, 9.17) is 0 Å². The van der Waals surface area contributed by atoms with Crippen molar-refractivity contribution in [3.05, 3.63) is 240 Å². The number of thiophene rings is 2. The molecule has 0 N–H and O–H groups in total. The third-order valence-corrected chi connectivity index (χ3v) is 19.0. The predicted molar refractivity (Wildman–Crippen MR) is 346 cm³/mol. The van der Waals surface area contributed by atoms with Gasteiger partial charge in [0.1, 0.15) is 0 Å². The molecular weight excluding hydrogens is 994 g/mol. The largest absolute Gasteiger partial charge is 0.311 e. The molecule has 0 aliphatic carbocycles. The highest BCUT2D eigenvalue weighted by molar-refractivity contribution is 7.33. The summed E-state index contributed by atoms with van der Waals surface area (Å²) in [5, 5.41) is 5.03. The maximum absolute atomic E-state index is 2.67. The molecule has 2 aliphatic rings. The second-order valence-electron chi connectivity index (χ2n) is 24.0. The Morgan fingerprint density at radius 3 is 1.78 bits per heavy atom. The van der Waals surface area contributed by atoms with E-state index in [-0.39, 0.29) is 17.5 Å². The minimum absolute atomic E-state index is 0.0352. The normalized spacial score (nSPS) is 13.1. The molecule has 2 aliphatic heterocycles. The number of rotatable bonds is 7. The minimum atomic E-state index is -0.0389. The van der Waals surface area contributed by atoms with E-state index in [1.54, 1.807) is 0 Å². The molecule has 0 saturated carbocycles. The predicted octanol–water partition coefficient (Wildman–Crippen LogP) is 19.7. The Bertz CT molecular complexity index is 4350. The quantitative estimate of drug-likeness (QED) is 0.147. The maximum Gasteiger partial charge on any atom is 0.264 e. The number of fused-ring (bicyclic) bond motifs is 8. The van der Waals surface area contributed by atoms with Crippen LogP contribution in [0.4, 0.5) is 51.2 Å². The number of hydrogen-bond donors (Lipinski definition) is 0. The molecule has 2 aromatic heterocycles. The molecule has 0 saturated heterocycles. The van der Waals surface area contributed by atoms with Crippen molar-refractivity contribution in [1.29, 1.82) is 0 Å². The molecule has 0 amide bonds. The van der Waals surface area contributed by atoms with E-state index in [1.165, 1.54) is 130 Å². The van der Waals surface area contributed by atoms with Gasteiger partial charge in [0.2, 0.25) is 0 Å². The van der Waals surface area contributed by atoms with Crippen molar-refractivity contribution in [2.24, 2.45) is 0 Å². The van der Waals surface area contributed by atoms with E-state index < -0.39 is 0 Å². The average molecular weight is 1060 g/mol. The van der Waals surface area contributed by atoms with Crippen LogP contribution in [0, 0.1) is 20.8 Å². The summed E-state index contributed by atoms with van der Waals surface area (Å²) in [6, 6.07) is 80.5. The molecule has 3 nitrogen and oxygen atoms in total. The van der Waals surface area contributed by atoms with Crippen LogP contribution in [-0.4, -0.2) is 6.71 Å². The highest BCUT2D eigenvalue weighted by atomic mass is 32.1. The highest BCUT2D eigenvalue weighted by Gasteiger charge is 2.46. The number of hydrogen-bond acceptors (Lipinski definition) is 5. The van der Waals surface area contributed by atoms with E-state index >= 15 is 0 Å². The van der Waals surface area contributed by atoms with Gasteiger partial charge in [0, 0.05) is 64.1 Å². The van der Waals surface area contributed by atoms with Crippen molar-refractivity contribution in [2.45, 2.75) is 73.1 Å². The number of anilines is 9. The van der Waals surface area contributed by atoms with Crippen LogP contribution in [0.2, 0.25) is 0 Å². The van der Waals surface area contributed by atoms with E-state index in [0.29, 0.717) is 0 Å². The molecule has 6 heteroatoms. The van der Waals surface area contributed by atoms with Crippen molar-refractivity contribution in [3.8, 4) is 21.6 Å². The SMILES string of the molecule is Cc1cc2c3c(c1)N(c1ccc(C(C)(C)C)cc1-c1ccccc1)c1c(sc4ccc(C(C)(C)C)cc14)B3c1ccc(N(c3ccccc3)c3ccc4cc(-c5cc6ccccc6s5)ccc4c3)cc1N2c1c(C)cccc1C. The lowest BCUT2D eigenvalue weighted by Gasteiger charge is -2.44. The number of nitrogens with zero attached hydrogens (tertiary/aromatic N) is 3. The van der Waals surface area contributed by atoms with Gasteiger partial charge in [-0.05, 0) is 189 Å². The third-order valence-electron chi connectivity index (χ3n) is 16.6. The van der Waals surface area contributed by atoms with Crippen molar-refractivity contribution in [1.82, 2.24) is 0 Å². The zero-order chi connectivity index (χ0) is 54.1. The highest BCUT2D eigenvalue weighted by Crippen LogP contribution is 2.53. The second-order valence-corrected chi connectivity index (χ2v) is 26.2. The molecule has 79 heavy (non-hydrogen) atoms. The topological polar surface area (TPSA) is 9.72 Å². The summed E-state index contributed by atoms with van der Waals surface area (Å²) < 4.78 is 3.99. The zero-order valence-electron chi connectivity index (χ0n) is 46.4. The minimum Gasteiger partial charge on any atom is -0.311 e. The van der Waals surface area contributed by atoms with Crippen LogP contribution in [0.15, 0.2) is 212 Å². The third kappa shape index (κ3) is 8.21. The first kappa shape index (κ1) is 49.2. The van der Waals surface area contributed by atoms with E-state index in [1.807, 2.05) is 22.7 Å². The monoisotopic (exact) mass is 1060 g/mol. The summed E-state index contributed by atoms with van der Waals surface area (Å²) in [6.07, 6.45) is 0. The second kappa shape index (κ2) is 18.5. The molecular formula is C73H62BN3S2. The van der Waals surface area contributed by atoms with Gasteiger partial charge in [0.15, 0.2) is 0 Å². The van der Waals surface area contributed by atoms with E-state index in [9.17, 15) is 0 Å². The Morgan fingerprint density at radius 2 is 1.05 bits per heavy atom. The number of para-hydroxylation sites is 2. The Balaban J connectivity index is 1.01. The summed E-state index contributed by atoms with van der Waals surface area (Å²) in [6.45, 7) is 20.8. The Labute approximate surface area is 473 Å². The maximum atomic E-state index is 2.67. The molecule has 10 aromatic carbocycles. The number of benzene rings is 10. The van der Waals surface area contributed by atoms with E-state index in [0.717, 1.165) is 17.1 Å². The first-order valence-electron chi connectivity index (χ1n) is 27.8. The summed E-state index contributed by atoms with van der Waals surface area (Å²) in [7, 11) is 0. The van der Waals surface area contributed by atoms with Gasteiger partial charge in [-0.15, -0.1) is 22.7 Å². The van der Waals surface area contributed by atoms with Gasteiger partial charge >= 0.3 is 0 Å². The molecule has 12 aromatic rings.